The molecule has 0 heterocycles. The van der Waals surface area contributed by atoms with Gasteiger partial charge in [-0.25, -0.2) is 16.8 Å². The van der Waals surface area contributed by atoms with Crippen LogP contribution in [0.25, 0.3) is 0 Å². The third kappa shape index (κ3) is 23.5. The van der Waals surface area contributed by atoms with Crippen LogP contribution in [0.2, 0.25) is 0 Å². The zero-order chi connectivity index (χ0) is 23.5. The minimum atomic E-state index is -4.88. The van der Waals surface area contributed by atoms with Gasteiger partial charge in [0.05, 0.1) is 33.8 Å². The summed E-state index contributed by atoms with van der Waals surface area (Å²) in [4.78, 5) is 0. The van der Waals surface area contributed by atoms with Crippen molar-refractivity contribution in [1.29, 1.82) is 0 Å². The van der Waals surface area contributed by atoms with Crippen molar-refractivity contribution in [2.24, 2.45) is 0 Å². The Labute approximate surface area is 240 Å². The molecule has 8 nitrogen and oxygen atoms in total. The summed E-state index contributed by atoms with van der Waals surface area (Å²) in [6, 6.07) is 0. The topological polar surface area (TPSA) is 155 Å². The van der Waals surface area contributed by atoms with Crippen LogP contribution in [-0.4, -0.2) is 59.9 Å². The molecule has 0 aliphatic carbocycles. The van der Waals surface area contributed by atoms with Crippen LogP contribution < -0.4 is 59.1 Å². The molecule has 0 aromatic heterocycles. The molecule has 0 amide bonds. The maximum atomic E-state index is 11.9. The predicted octanol–water partition coefficient (Wildman–Crippen LogP) is -2.70. The molecular weight excluding hydrogens is 478 g/mol. The number of aliphatic hydroxyl groups excluding tert-OH is 2. The summed E-state index contributed by atoms with van der Waals surface area (Å²) >= 11 is 0. The van der Waals surface area contributed by atoms with E-state index >= 15 is 0 Å². The summed E-state index contributed by atoms with van der Waals surface area (Å²) in [6.07, 6.45) is 10.6. The normalized spacial score (nSPS) is 11.7. The Morgan fingerprint density at radius 2 is 0.938 bits per heavy atom. The summed E-state index contributed by atoms with van der Waals surface area (Å²) < 4.78 is 67.6. The fraction of sp³-hybridized carbons (Fsp3) is 1.00. The molecule has 0 spiro atoms. The van der Waals surface area contributed by atoms with Crippen molar-refractivity contribution in [3.05, 3.63) is 0 Å². The van der Waals surface area contributed by atoms with Crippen molar-refractivity contribution in [3.8, 4) is 0 Å². The second-order valence-corrected chi connectivity index (χ2v) is 11.0. The first-order chi connectivity index (χ1) is 14.0. The molecule has 0 unspecified atom stereocenters. The van der Waals surface area contributed by atoms with Gasteiger partial charge in [-0.2, -0.15) is 0 Å². The molecule has 32 heavy (non-hydrogen) atoms. The number of hydrogen-bond donors (Lipinski definition) is 2. The molecule has 0 saturated carbocycles. The van der Waals surface area contributed by atoms with Crippen LogP contribution in [-0.2, 0) is 20.2 Å². The van der Waals surface area contributed by atoms with E-state index in [1.165, 1.54) is 0 Å². The van der Waals surface area contributed by atoms with Gasteiger partial charge in [-0.15, -0.1) is 0 Å². The van der Waals surface area contributed by atoms with Crippen LogP contribution in [0.4, 0.5) is 0 Å². The van der Waals surface area contributed by atoms with Gasteiger partial charge >= 0.3 is 59.1 Å². The molecule has 0 rings (SSSR count). The summed E-state index contributed by atoms with van der Waals surface area (Å²) in [5.41, 5.74) is 0. The Bertz CT molecular complexity index is 581. The van der Waals surface area contributed by atoms with Gasteiger partial charge in [0.25, 0.3) is 0 Å². The van der Waals surface area contributed by atoms with E-state index in [1.54, 1.807) is 0 Å². The number of rotatable bonds is 18. The van der Waals surface area contributed by atoms with Gasteiger partial charge in [0.2, 0.25) is 0 Å². The smallest absolute Gasteiger partial charge is 0.748 e. The maximum absolute atomic E-state index is 11.9. The average molecular weight is 521 g/mol. The van der Waals surface area contributed by atoms with E-state index in [0.29, 0.717) is 12.8 Å². The van der Waals surface area contributed by atoms with E-state index in [0.717, 1.165) is 64.2 Å². The first-order valence-electron chi connectivity index (χ1n) is 11.1. The molecule has 0 fully saturated rings. The van der Waals surface area contributed by atoms with Crippen molar-refractivity contribution in [1.82, 2.24) is 0 Å². The van der Waals surface area contributed by atoms with Crippen molar-refractivity contribution < 1.29 is 95.3 Å². The van der Waals surface area contributed by atoms with Crippen molar-refractivity contribution in [2.45, 2.75) is 108 Å². The third-order valence-electron chi connectivity index (χ3n) is 5.04. The molecule has 0 aliphatic rings. The largest absolute Gasteiger partial charge is 1.00 e. The van der Waals surface area contributed by atoms with Gasteiger partial charge in [-0.05, 0) is 12.8 Å². The zero-order valence-electron chi connectivity index (χ0n) is 20.7. The third-order valence-corrected chi connectivity index (χ3v) is 7.74. The van der Waals surface area contributed by atoms with Crippen molar-refractivity contribution >= 4 is 20.2 Å². The molecule has 0 saturated heterocycles. The van der Waals surface area contributed by atoms with Gasteiger partial charge in [0.15, 0.2) is 0 Å². The van der Waals surface area contributed by atoms with E-state index < -0.39 is 30.7 Å². The molecular formula is C20H42Na2O8S2. The van der Waals surface area contributed by atoms with Gasteiger partial charge in [0, 0.05) is 0 Å². The fourth-order valence-corrected chi connectivity index (χ4v) is 6.10. The Morgan fingerprint density at radius 1 is 0.625 bits per heavy atom. The Kier molecular flexibility index (Phi) is 31.2. The number of aliphatic hydroxyl groups is 2. The van der Waals surface area contributed by atoms with Gasteiger partial charge in [-0.1, -0.05) is 90.9 Å². The molecule has 0 atom stereocenters. The predicted molar refractivity (Wildman–Crippen MR) is 117 cm³/mol. The Balaban J connectivity index is -0.000000598. The summed E-state index contributed by atoms with van der Waals surface area (Å²) in [5.74, 6) is -1.10. The Hall–Kier alpha value is 1.74. The number of hydrogen-bond acceptors (Lipinski definition) is 8. The first-order valence-corrected chi connectivity index (χ1v) is 14.1. The zero-order valence-corrected chi connectivity index (χ0v) is 26.3. The van der Waals surface area contributed by atoms with Gasteiger partial charge in [0.1, 0.15) is 10.1 Å². The van der Waals surface area contributed by atoms with E-state index in [1.807, 2.05) is 0 Å². The van der Waals surface area contributed by atoms with Crippen LogP contribution in [0.1, 0.15) is 104 Å². The fourth-order valence-electron chi connectivity index (χ4n) is 3.37. The van der Waals surface area contributed by atoms with E-state index in [4.69, 9.17) is 10.2 Å². The first kappa shape index (κ1) is 40.9. The van der Waals surface area contributed by atoms with Gasteiger partial charge in [-0.3, -0.25) is 0 Å². The summed E-state index contributed by atoms with van der Waals surface area (Å²) in [7, 11) is -9.68. The van der Waals surface area contributed by atoms with E-state index in [-0.39, 0.29) is 85.2 Å². The SMILES string of the molecule is CCCCCCCCC(CCCCCCCC)(CS(=O)(=O)[O-])S(=O)(=O)[O-].OCCO.[Na+].[Na+]. The summed E-state index contributed by atoms with van der Waals surface area (Å²) in [5, 5.41) is 15.2. The van der Waals surface area contributed by atoms with Crippen molar-refractivity contribution in [2.75, 3.05) is 19.0 Å². The molecule has 2 N–H and O–H groups in total. The maximum Gasteiger partial charge on any atom is 1.00 e. The van der Waals surface area contributed by atoms with Crippen molar-refractivity contribution in [3.63, 3.8) is 0 Å². The minimum absolute atomic E-state index is 0. The molecule has 0 aliphatic heterocycles. The molecule has 184 valence electrons. The second-order valence-electron chi connectivity index (χ2n) is 7.82. The van der Waals surface area contributed by atoms with Crippen LogP contribution in [0, 0.1) is 0 Å². The minimum Gasteiger partial charge on any atom is -0.748 e. The van der Waals surface area contributed by atoms with Crippen LogP contribution in [0.3, 0.4) is 0 Å². The molecule has 0 radical (unpaired) electrons. The summed E-state index contributed by atoms with van der Waals surface area (Å²) in [6.45, 7) is 3.93. The molecule has 0 aromatic carbocycles. The average Bonchev–Trinajstić information content (AvgIpc) is 2.65. The standard InChI is InChI=1S/C18H38O6S2.C2H6O2.2Na/c1-3-5-7-9-11-13-15-18(26(22,23)24,17-25(19,20)21)16-14-12-10-8-6-4-2;3-1-2-4;;/h3-17H2,1-2H3,(H,19,20,21)(H,22,23,24);3-4H,1-2H2;;/q;;2*+1/p-2. The monoisotopic (exact) mass is 520 g/mol. The van der Waals surface area contributed by atoms with Crippen LogP contribution in [0.15, 0.2) is 0 Å². The quantitative estimate of drug-likeness (QED) is 0.112. The van der Waals surface area contributed by atoms with E-state index in [9.17, 15) is 25.9 Å². The molecule has 0 bridgehead atoms. The van der Waals surface area contributed by atoms with Crippen LogP contribution in [0.5, 0.6) is 0 Å². The molecule has 12 heteroatoms. The van der Waals surface area contributed by atoms with Crippen LogP contribution >= 0.6 is 0 Å². The van der Waals surface area contributed by atoms with E-state index in [2.05, 4.69) is 13.8 Å². The second kappa shape index (κ2) is 24.4. The Morgan fingerprint density at radius 3 is 1.19 bits per heavy atom. The molecule has 0 aromatic rings. The van der Waals surface area contributed by atoms with Gasteiger partial charge < -0.3 is 19.3 Å². The number of unbranched alkanes of at least 4 members (excludes halogenated alkanes) is 10.